The quantitative estimate of drug-likeness (QED) is 0.0399. The third-order valence-electron chi connectivity index (χ3n) is 12.1. The van der Waals surface area contributed by atoms with E-state index in [0.29, 0.717) is 78.9 Å². The smallest absolute Gasteiger partial charge is 0.274 e. The molecule has 0 saturated carbocycles. The van der Waals surface area contributed by atoms with E-state index < -0.39 is 23.9 Å². The van der Waals surface area contributed by atoms with Crippen molar-refractivity contribution in [1.82, 2.24) is 20.5 Å². The average Bonchev–Trinajstić information content (AvgIpc) is 4.01. The van der Waals surface area contributed by atoms with Gasteiger partial charge >= 0.3 is 0 Å². The molecule has 3 heterocycles. The van der Waals surface area contributed by atoms with Gasteiger partial charge in [-0.2, -0.15) is 0 Å². The number of hydrogen-bond acceptors (Lipinski definition) is 8. The van der Waals surface area contributed by atoms with Gasteiger partial charge in [0, 0.05) is 71.0 Å². The van der Waals surface area contributed by atoms with Gasteiger partial charge in [-0.05, 0) is 97.0 Å². The third kappa shape index (κ3) is 10.6. The van der Waals surface area contributed by atoms with Crippen molar-refractivity contribution >= 4 is 80.1 Å². The molecule has 7 amide bonds. The molecule has 0 spiro atoms. The van der Waals surface area contributed by atoms with E-state index >= 15 is 0 Å². The normalized spacial score (nSPS) is 14.7. The Balaban J connectivity index is 0.924. The van der Waals surface area contributed by atoms with Crippen LogP contribution >= 0.6 is 0 Å². The number of aromatic hydroxyl groups is 1. The minimum Gasteiger partial charge on any atom is -0.507 e. The van der Waals surface area contributed by atoms with Gasteiger partial charge in [0.15, 0.2) is 0 Å². The van der Waals surface area contributed by atoms with Gasteiger partial charge in [0.05, 0.1) is 5.69 Å². The molecular weight excluding hydrogens is 827 g/mol. The minimum absolute atomic E-state index is 0.0697. The summed E-state index contributed by atoms with van der Waals surface area (Å²) in [6.45, 7) is 8.42. The maximum absolute atomic E-state index is 13.8. The second-order valence-corrected chi connectivity index (χ2v) is 17.2. The number of phenolic OH excluding ortho intramolecular Hbond substituents is 1. The van der Waals surface area contributed by atoms with Gasteiger partial charge < -0.3 is 36.3 Å². The number of aromatic nitrogens is 1. The van der Waals surface area contributed by atoms with Crippen LogP contribution < -0.4 is 26.2 Å². The summed E-state index contributed by atoms with van der Waals surface area (Å²) in [6, 6.07) is 20.9. The number of anilines is 3. The van der Waals surface area contributed by atoms with E-state index in [-0.39, 0.29) is 60.1 Å². The van der Waals surface area contributed by atoms with Crippen LogP contribution in [0, 0.1) is 11.8 Å². The summed E-state index contributed by atoms with van der Waals surface area (Å²) in [4.78, 5) is 96.9. The highest BCUT2D eigenvalue weighted by Crippen LogP contribution is 2.40. The summed E-state index contributed by atoms with van der Waals surface area (Å²) in [5, 5.41) is 24.6. The number of nitrogens with one attached hydrogen (secondary N) is 5. The van der Waals surface area contributed by atoms with Gasteiger partial charge in [0.2, 0.25) is 17.7 Å². The Morgan fingerprint density at radius 2 is 1.49 bits per heavy atom. The highest BCUT2D eigenvalue weighted by atomic mass is 16.3. The Labute approximate surface area is 377 Å². The van der Waals surface area contributed by atoms with Gasteiger partial charge in [-0.15, -0.1) is 0 Å². The first-order chi connectivity index (χ1) is 31.2. The summed E-state index contributed by atoms with van der Waals surface area (Å²) in [5.74, 6) is -2.55. The molecule has 0 fully saturated rings. The van der Waals surface area contributed by atoms with Gasteiger partial charge in [-0.3, -0.25) is 38.5 Å². The molecule has 6 N–H and O–H groups in total. The Kier molecular flexibility index (Phi) is 14.1. The number of aromatic amines is 1. The van der Waals surface area contributed by atoms with Crippen LogP contribution in [0.5, 0.6) is 5.75 Å². The van der Waals surface area contributed by atoms with Crippen LogP contribution in [-0.4, -0.2) is 81.5 Å². The van der Waals surface area contributed by atoms with E-state index in [2.05, 4.69) is 26.3 Å². The van der Waals surface area contributed by atoms with Crippen molar-refractivity contribution in [3.8, 4) is 5.75 Å². The van der Waals surface area contributed by atoms with Crippen molar-refractivity contribution in [3.05, 3.63) is 108 Å². The number of benzene rings is 4. The lowest BCUT2D eigenvalue weighted by atomic mass is 9.96. The first-order valence-corrected chi connectivity index (χ1v) is 22.2. The van der Waals surface area contributed by atoms with E-state index in [9.17, 15) is 38.7 Å². The van der Waals surface area contributed by atoms with Gasteiger partial charge in [0.25, 0.3) is 23.6 Å². The maximum atomic E-state index is 13.8. The number of carbonyl (C=O) groups is 7. The molecule has 15 heteroatoms. The monoisotopic (exact) mass is 881 g/mol. The SMILES string of the molecule is CCC(C)[C@H](NC(=O)[C@H](CC(C)C)NC(=O)CCCCCN1C(=O)C=CC1=O)C(=O)Nc1ccc(C(=O)Nc2ccc3[nH]c(C(=O)N4CCc5c4cc(O)c4ccccc54)cc3c2)cc1. The Morgan fingerprint density at radius 1 is 0.785 bits per heavy atom. The molecule has 0 radical (unpaired) electrons. The lowest BCUT2D eigenvalue weighted by Gasteiger charge is -2.27. The van der Waals surface area contributed by atoms with E-state index in [1.54, 1.807) is 59.5 Å². The fraction of sp³-hybridized carbons (Fsp3) is 0.340. The summed E-state index contributed by atoms with van der Waals surface area (Å²) in [5.41, 5.74) is 4.08. The second-order valence-electron chi connectivity index (χ2n) is 17.2. The molecule has 3 atom stereocenters. The van der Waals surface area contributed by atoms with Crippen LogP contribution in [-0.2, 0) is 30.4 Å². The fourth-order valence-electron chi connectivity index (χ4n) is 8.37. The molecule has 15 nitrogen and oxygen atoms in total. The highest BCUT2D eigenvalue weighted by molar-refractivity contribution is 6.13. The van der Waals surface area contributed by atoms with Crippen molar-refractivity contribution < 1.29 is 38.7 Å². The number of hydrogen-bond donors (Lipinski definition) is 6. The molecule has 4 aromatic carbocycles. The first kappa shape index (κ1) is 45.7. The van der Waals surface area contributed by atoms with Crippen molar-refractivity contribution in [2.24, 2.45) is 11.8 Å². The number of amides is 7. The van der Waals surface area contributed by atoms with Gasteiger partial charge in [-0.25, -0.2) is 0 Å². The zero-order valence-electron chi connectivity index (χ0n) is 37.0. The minimum atomic E-state index is -0.911. The summed E-state index contributed by atoms with van der Waals surface area (Å²) in [6.07, 6.45) is 5.96. The van der Waals surface area contributed by atoms with E-state index in [1.165, 1.54) is 17.1 Å². The van der Waals surface area contributed by atoms with Crippen molar-refractivity contribution in [2.45, 2.75) is 84.7 Å². The number of fused-ring (bicyclic) bond motifs is 4. The van der Waals surface area contributed by atoms with Crippen LogP contribution in [0.25, 0.3) is 21.7 Å². The Morgan fingerprint density at radius 3 is 2.20 bits per heavy atom. The summed E-state index contributed by atoms with van der Waals surface area (Å²) < 4.78 is 0. The number of unbranched alkanes of at least 4 members (excludes halogenated alkanes) is 2. The predicted octanol–water partition coefficient (Wildman–Crippen LogP) is 6.97. The van der Waals surface area contributed by atoms with Crippen molar-refractivity contribution in [1.29, 1.82) is 0 Å². The van der Waals surface area contributed by atoms with Crippen LogP contribution in [0.15, 0.2) is 91.0 Å². The Hall–Kier alpha value is -7.29. The summed E-state index contributed by atoms with van der Waals surface area (Å²) in [7, 11) is 0. The number of rotatable bonds is 18. The molecule has 2 aliphatic rings. The second kappa shape index (κ2) is 20.0. The molecule has 1 aromatic heterocycles. The van der Waals surface area contributed by atoms with E-state index in [4.69, 9.17) is 0 Å². The summed E-state index contributed by atoms with van der Waals surface area (Å²) >= 11 is 0. The molecule has 0 saturated heterocycles. The van der Waals surface area contributed by atoms with Crippen LogP contribution in [0.3, 0.4) is 0 Å². The molecule has 338 valence electrons. The Bertz CT molecular complexity index is 2670. The van der Waals surface area contributed by atoms with Gasteiger partial charge in [0.1, 0.15) is 23.5 Å². The molecule has 7 rings (SSSR count). The van der Waals surface area contributed by atoms with Crippen LogP contribution in [0.4, 0.5) is 17.1 Å². The van der Waals surface area contributed by atoms with Crippen molar-refractivity contribution in [3.63, 3.8) is 0 Å². The molecule has 65 heavy (non-hydrogen) atoms. The topological polar surface area (TPSA) is 210 Å². The number of imide groups is 1. The molecule has 1 unspecified atom stereocenters. The average molecular weight is 882 g/mol. The molecule has 2 aliphatic heterocycles. The number of phenols is 1. The first-order valence-electron chi connectivity index (χ1n) is 22.2. The lowest BCUT2D eigenvalue weighted by molar-refractivity contribution is -0.137. The zero-order valence-corrected chi connectivity index (χ0v) is 37.0. The molecular formula is C50H55N7O8. The highest BCUT2D eigenvalue weighted by Gasteiger charge is 2.32. The van der Waals surface area contributed by atoms with E-state index in [0.717, 1.165) is 21.7 Å². The van der Waals surface area contributed by atoms with Crippen LogP contribution in [0.2, 0.25) is 0 Å². The van der Waals surface area contributed by atoms with E-state index in [1.807, 2.05) is 52.0 Å². The fourth-order valence-corrected chi connectivity index (χ4v) is 8.37. The predicted molar refractivity (Wildman–Crippen MR) is 249 cm³/mol. The third-order valence-corrected chi connectivity index (χ3v) is 12.1. The standard InChI is InChI=1S/C50H55N7O8/c1-5-30(4)46(55-48(63)39(25-29(2)3)54-43(59)13-7-6-10-23-57-44(60)20-21-45(57)61)49(64)51-33-16-14-31(15-17-33)47(62)52-34-18-19-38-32(26-34)27-40(53-38)50(65)56-24-22-36-35-11-8-9-12-37(35)42(58)28-41(36)56/h8-9,11-12,14-21,26-30,39,46,53,58H,5-7,10,13,22-25H2,1-4H3,(H,51,64)(H,52,62)(H,54,59)(H,55,63)/t30?,39-,46-/m0/s1. The van der Waals surface area contributed by atoms with Crippen LogP contribution in [0.1, 0.15) is 92.6 Å². The molecule has 0 bridgehead atoms. The molecule has 0 aliphatic carbocycles. The largest absolute Gasteiger partial charge is 0.507 e. The lowest BCUT2D eigenvalue weighted by Crippen LogP contribution is -2.54. The molecule has 5 aromatic rings. The number of H-pyrrole nitrogens is 1. The number of carbonyl (C=O) groups excluding carboxylic acids is 7. The van der Waals surface area contributed by atoms with Gasteiger partial charge in [-0.1, -0.05) is 64.8 Å². The zero-order chi connectivity index (χ0) is 46.4. The maximum Gasteiger partial charge on any atom is 0.274 e. The van der Waals surface area contributed by atoms with Crippen molar-refractivity contribution in [2.75, 3.05) is 28.6 Å². The number of nitrogens with zero attached hydrogens (tertiary/aromatic N) is 2.